The summed E-state index contributed by atoms with van der Waals surface area (Å²) in [6.45, 7) is 9.41. The molecular formula is C20H25ClN4O. The van der Waals surface area contributed by atoms with E-state index in [1.165, 1.54) is 0 Å². The molecular weight excluding hydrogens is 348 g/mol. The topological polar surface area (TPSA) is 50.1 Å². The number of pyridine rings is 1. The molecule has 0 spiro atoms. The minimum atomic E-state index is 0.352. The molecule has 0 atom stereocenters. The van der Waals surface area contributed by atoms with Gasteiger partial charge in [0, 0.05) is 30.9 Å². The van der Waals surface area contributed by atoms with Crippen LogP contribution < -0.4 is 0 Å². The number of aliphatic imine (C=N–C) groups is 1. The fraction of sp³-hybridized carbons (Fsp3) is 0.350. The first kappa shape index (κ1) is 19.9. The maximum absolute atomic E-state index is 5.78. The first-order valence-electron chi connectivity index (χ1n) is 8.53. The van der Waals surface area contributed by atoms with Crippen molar-refractivity contribution in [1.82, 2.24) is 9.88 Å². The van der Waals surface area contributed by atoms with Gasteiger partial charge in [-0.15, -0.1) is 0 Å². The summed E-state index contributed by atoms with van der Waals surface area (Å²) in [5.74, 6) is 0. The van der Waals surface area contributed by atoms with Gasteiger partial charge in [-0.3, -0.25) is 0 Å². The van der Waals surface area contributed by atoms with Crippen LogP contribution in [0.25, 0.3) is 0 Å². The fourth-order valence-corrected chi connectivity index (χ4v) is 2.43. The van der Waals surface area contributed by atoms with Gasteiger partial charge in [-0.2, -0.15) is 0 Å². The molecule has 0 saturated heterocycles. The van der Waals surface area contributed by atoms with E-state index in [0.29, 0.717) is 11.8 Å². The molecule has 1 heterocycles. The van der Waals surface area contributed by atoms with Gasteiger partial charge in [-0.25, -0.2) is 9.98 Å². The Morgan fingerprint density at radius 2 is 2.04 bits per heavy atom. The summed E-state index contributed by atoms with van der Waals surface area (Å²) in [4.78, 5) is 16.1. The van der Waals surface area contributed by atoms with Gasteiger partial charge in [-0.1, -0.05) is 22.8 Å². The number of benzene rings is 1. The maximum Gasteiger partial charge on any atom is 0.143 e. The molecule has 0 saturated carbocycles. The van der Waals surface area contributed by atoms with Gasteiger partial charge < -0.3 is 9.74 Å². The molecule has 26 heavy (non-hydrogen) atoms. The molecule has 0 aliphatic rings. The van der Waals surface area contributed by atoms with E-state index in [2.05, 4.69) is 48.0 Å². The fourth-order valence-electron chi connectivity index (χ4n) is 2.32. The second kappa shape index (κ2) is 9.34. The summed E-state index contributed by atoms with van der Waals surface area (Å²) in [7, 11) is 2.00. The summed E-state index contributed by atoms with van der Waals surface area (Å²) >= 11 is 5.78. The Labute approximate surface area is 160 Å². The van der Waals surface area contributed by atoms with Crippen molar-refractivity contribution in [3.8, 4) is 0 Å². The molecule has 0 fully saturated rings. The minimum Gasteiger partial charge on any atom is -0.391 e. The Bertz CT molecular complexity index is 800. The Kier molecular flexibility index (Phi) is 7.16. The van der Waals surface area contributed by atoms with Crippen molar-refractivity contribution in [3.63, 3.8) is 0 Å². The molecule has 0 radical (unpaired) electrons. The van der Waals surface area contributed by atoms with E-state index in [-0.39, 0.29) is 0 Å². The summed E-state index contributed by atoms with van der Waals surface area (Å²) in [5, 5.41) is 4.71. The zero-order chi connectivity index (χ0) is 19.1. The molecule has 1 aromatic carbocycles. The molecule has 0 amide bonds. The van der Waals surface area contributed by atoms with Crippen molar-refractivity contribution in [2.24, 2.45) is 10.1 Å². The molecule has 0 N–H and O–H groups in total. The third-order valence-corrected chi connectivity index (χ3v) is 4.27. The minimum absolute atomic E-state index is 0.352. The van der Waals surface area contributed by atoms with E-state index in [1.807, 2.05) is 31.3 Å². The van der Waals surface area contributed by atoms with E-state index >= 15 is 0 Å². The SMILES string of the molecule is CCN(C)C=Nc1cc(C)c(/C(C)=N/OCc2ccc(Cl)nc2)cc1C. The van der Waals surface area contributed by atoms with Crippen molar-refractivity contribution < 1.29 is 4.84 Å². The van der Waals surface area contributed by atoms with Gasteiger partial charge in [0.2, 0.25) is 0 Å². The van der Waals surface area contributed by atoms with E-state index in [1.54, 1.807) is 12.3 Å². The molecule has 6 heteroatoms. The largest absolute Gasteiger partial charge is 0.391 e. The number of oxime groups is 1. The van der Waals surface area contributed by atoms with Crippen molar-refractivity contribution in [2.75, 3.05) is 13.6 Å². The van der Waals surface area contributed by atoms with Crippen LogP contribution in [0.15, 0.2) is 40.6 Å². The maximum atomic E-state index is 5.78. The van der Waals surface area contributed by atoms with Crippen molar-refractivity contribution in [3.05, 3.63) is 57.9 Å². The van der Waals surface area contributed by atoms with Gasteiger partial charge in [0.1, 0.15) is 11.8 Å². The van der Waals surface area contributed by atoms with Crippen LogP contribution in [0.5, 0.6) is 0 Å². The average Bonchev–Trinajstić information content (AvgIpc) is 2.63. The molecule has 2 rings (SSSR count). The third kappa shape index (κ3) is 5.56. The smallest absolute Gasteiger partial charge is 0.143 e. The van der Waals surface area contributed by atoms with E-state index in [9.17, 15) is 0 Å². The van der Waals surface area contributed by atoms with Crippen molar-refractivity contribution in [1.29, 1.82) is 0 Å². The lowest BCUT2D eigenvalue weighted by atomic mass is 10.0. The number of hydrogen-bond acceptors (Lipinski definition) is 4. The lowest BCUT2D eigenvalue weighted by Crippen LogP contribution is -2.14. The molecule has 0 aliphatic carbocycles. The number of hydrogen-bond donors (Lipinski definition) is 0. The quantitative estimate of drug-likeness (QED) is 0.300. The standard InChI is InChI=1S/C20H25ClN4O/c1-6-25(5)13-23-19-10-14(2)18(9-15(19)3)16(4)24-26-12-17-7-8-20(21)22-11-17/h7-11,13H,6,12H2,1-5H3/b23-13?,24-16+. The monoisotopic (exact) mass is 372 g/mol. The van der Waals surface area contributed by atoms with Crippen LogP contribution in [0.2, 0.25) is 5.15 Å². The Hall–Kier alpha value is -2.40. The predicted octanol–water partition coefficient (Wildman–Crippen LogP) is 4.90. The van der Waals surface area contributed by atoms with Crippen molar-refractivity contribution in [2.45, 2.75) is 34.3 Å². The van der Waals surface area contributed by atoms with Gasteiger partial charge in [0.25, 0.3) is 0 Å². The predicted molar refractivity (Wildman–Crippen MR) is 109 cm³/mol. The second-order valence-electron chi connectivity index (χ2n) is 6.21. The molecule has 138 valence electrons. The normalized spacial score (nSPS) is 11.8. The number of aryl methyl sites for hydroxylation is 2. The molecule has 1 aromatic heterocycles. The zero-order valence-electron chi connectivity index (χ0n) is 16.0. The Morgan fingerprint density at radius 1 is 1.27 bits per heavy atom. The van der Waals surface area contributed by atoms with Crippen LogP contribution >= 0.6 is 11.6 Å². The van der Waals surface area contributed by atoms with Crippen LogP contribution in [0.3, 0.4) is 0 Å². The second-order valence-corrected chi connectivity index (χ2v) is 6.60. The number of nitrogens with zero attached hydrogens (tertiary/aromatic N) is 4. The van der Waals surface area contributed by atoms with Crippen LogP contribution in [-0.2, 0) is 11.4 Å². The van der Waals surface area contributed by atoms with Crippen LogP contribution in [0, 0.1) is 13.8 Å². The van der Waals surface area contributed by atoms with E-state index in [0.717, 1.165) is 40.2 Å². The first-order chi connectivity index (χ1) is 12.4. The molecule has 0 unspecified atom stereocenters. The zero-order valence-corrected chi connectivity index (χ0v) is 16.7. The summed E-state index contributed by atoms with van der Waals surface area (Å²) in [6.07, 6.45) is 3.54. The third-order valence-electron chi connectivity index (χ3n) is 4.05. The summed E-state index contributed by atoms with van der Waals surface area (Å²) in [6, 6.07) is 7.78. The lowest BCUT2D eigenvalue weighted by Gasteiger charge is -2.11. The highest BCUT2D eigenvalue weighted by molar-refractivity contribution is 6.29. The Morgan fingerprint density at radius 3 is 2.69 bits per heavy atom. The molecule has 2 aromatic rings. The number of rotatable bonds is 7. The first-order valence-corrected chi connectivity index (χ1v) is 8.91. The van der Waals surface area contributed by atoms with E-state index < -0.39 is 0 Å². The van der Waals surface area contributed by atoms with Crippen LogP contribution in [0.1, 0.15) is 36.1 Å². The highest BCUT2D eigenvalue weighted by Crippen LogP contribution is 2.24. The highest BCUT2D eigenvalue weighted by Gasteiger charge is 2.07. The van der Waals surface area contributed by atoms with Crippen LogP contribution in [-0.4, -0.2) is 35.5 Å². The molecule has 0 aliphatic heterocycles. The highest BCUT2D eigenvalue weighted by atomic mass is 35.5. The molecule has 5 nitrogen and oxygen atoms in total. The van der Waals surface area contributed by atoms with Gasteiger partial charge in [-0.05, 0) is 57.0 Å². The number of halogens is 1. The van der Waals surface area contributed by atoms with Crippen molar-refractivity contribution >= 4 is 29.3 Å². The lowest BCUT2D eigenvalue weighted by molar-refractivity contribution is 0.130. The summed E-state index contributed by atoms with van der Waals surface area (Å²) < 4.78 is 0. The molecule has 0 bridgehead atoms. The van der Waals surface area contributed by atoms with E-state index in [4.69, 9.17) is 16.4 Å². The number of aromatic nitrogens is 1. The van der Waals surface area contributed by atoms with Gasteiger partial charge in [0.15, 0.2) is 0 Å². The Balaban J connectivity index is 2.10. The van der Waals surface area contributed by atoms with Gasteiger partial charge in [0.05, 0.1) is 17.7 Å². The van der Waals surface area contributed by atoms with Gasteiger partial charge >= 0.3 is 0 Å². The summed E-state index contributed by atoms with van der Waals surface area (Å²) in [5.41, 5.74) is 5.98. The average molecular weight is 373 g/mol. The van der Waals surface area contributed by atoms with Crippen LogP contribution in [0.4, 0.5) is 5.69 Å².